The minimum Gasteiger partial charge on any atom is -0.384 e. The molecule has 4 heteroatoms. The van der Waals surface area contributed by atoms with Gasteiger partial charge in [0, 0.05) is 14.1 Å². The van der Waals surface area contributed by atoms with Gasteiger partial charge < -0.3 is 5.11 Å². The van der Waals surface area contributed by atoms with Crippen LogP contribution in [0, 0.1) is 6.92 Å². The summed E-state index contributed by atoms with van der Waals surface area (Å²) in [6.07, 6.45) is -0.689. The first-order valence-electron chi connectivity index (χ1n) is 6.89. The summed E-state index contributed by atoms with van der Waals surface area (Å²) in [6.45, 7) is 1.96. The van der Waals surface area contributed by atoms with Crippen molar-refractivity contribution in [2.45, 2.75) is 13.0 Å². The first kappa shape index (κ1) is 13.6. The smallest absolute Gasteiger partial charge is 0.328 e. The molecule has 3 aromatic rings. The zero-order valence-corrected chi connectivity index (χ0v) is 12.4. The number of nitrogens with zero attached hydrogens (tertiary/aromatic N) is 2. The van der Waals surface area contributed by atoms with E-state index in [0.717, 1.165) is 27.7 Å². The molecule has 0 radical (unpaired) electrons. The van der Waals surface area contributed by atoms with Gasteiger partial charge in [-0.3, -0.25) is 9.13 Å². The molecule has 0 aliphatic heterocycles. The van der Waals surface area contributed by atoms with Crippen LogP contribution in [0.1, 0.15) is 22.8 Å². The highest BCUT2D eigenvalue weighted by Gasteiger charge is 2.16. The van der Waals surface area contributed by atoms with Crippen molar-refractivity contribution in [3.8, 4) is 0 Å². The number of hydrogen-bond acceptors (Lipinski definition) is 2. The molecule has 1 unspecified atom stereocenters. The van der Waals surface area contributed by atoms with E-state index in [2.05, 4.69) is 0 Å². The van der Waals surface area contributed by atoms with Crippen LogP contribution in [-0.2, 0) is 14.1 Å². The Bertz CT molecular complexity index is 860. The lowest BCUT2D eigenvalue weighted by atomic mass is 9.97. The standard InChI is InChI=1S/C17H18N2O2/c1-11-9-14-15(19(3)17(21)18(14)2)10-13(11)16(20)12-7-5-4-6-8-12/h4-10,16,20H,1-3H3. The summed E-state index contributed by atoms with van der Waals surface area (Å²) in [5.41, 5.74) is 4.30. The van der Waals surface area contributed by atoms with Gasteiger partial charge in [0.25, 0.3) is 0 Å². The Kier molecular flexibility index (Phi) is 3.18. The third kappa shape index (κ3) is 2.08. The van der Waals surface area contributed by atoms with E-state index in [1.807, 2.05) is 49.4 Å². The first-order valence-corrected chi connectivity index (χ1v) is 6.89. The zero-order chi connectivity index (χ0) is 15.1. The Labute approximate surface area is 122 Å². The third-order valence-electron chi connectivity index (χ3n) is 4.07. The fourth-order valence-corrected chi connectivity index (χ4v) is 2.78. The topological polar surface area (TPSA) is 47.2 Å². The molecule has 1 aromatic heterocycles. The molecule has 1 atom stereocenters. The van der Waals surface area contributed by atoms with Crippen LogP contribution >= 0.6 is 0 Å². The average Bonchev–Trinajstić information content (AvgIpc) is 2.71. The minimum absolute atomic E-state index is 0.0595. The number of aliphatic hydroxyl groups is 1. The van der Waals surface area contributed by atoms with E-state index in [1.165, 1.54) is 0 Å². The molecule has 0 amide bonds. The predicted octanol–water partition coefficient (Wildman–Crippen LogP) is 2.27. The number of benzene rings is 2. The highest BCUT2D eigenvalue weighted by molar-refractivity contribution is 5.78. The molecule has 21 heavy (non-hydrogen) atoms. The molecular weight excluding hydrogens is 264 g/mol. The van der Waals surface area contributed by atoms with Crippen LogP contribution in [0.15, 0.2) is 47.3 Å². The molecule has 0 aliphatic rings. The molecule has 0 fully saturated rings. The Morgan fingerprint density at radius 3 is 2.19 bits per heavy atom. The molecule has 1 N–H and O–H groups in total. The molecule has 3 rings (SSSR count). The number of imidazole rings is 1. The van der Waals surface area contributed by atoms with Crippen molar-refractivity contribution < 1.29 is 5.11 Å². The zero-order valence-electron chi connectivity index (χ0n) is 12.4. The van der Waals surface area contributed by atoms with E-state index in [-0.39, 0.29) is 5.69 Å². The minimum atomic E-state index is -0.689. The summed E-state index contributed by atoms with van der Waals surface area (Å²) in [6, 6.07) is 13.4. The second-order valence-electron chi connectivity index (χ2n) is 5.41. The number of aliphatic hydroxyl groups excluding tert-OH is 1. The second-order valence-corrected chi connectivity index (χ2v) is 5.41. The largest absolute Gasteiger partial charge is 0.384 e. The van der Waals surface area contributed by atoms with Gasteiger partial charge in [-0.15, -0.1) is 0 Å². The van der Waals surface area contributed by atoms with E-state index in [9.17, 15) is 9.90 Å². The quantitative estimate of drug-likeness (QED) is 0.784. The third-order valence-corrected chi connectivity index (χ3v) is 4.07. The van der Waals surface area contributed by atoms with E-state index < -0.39 is 6.10 Å². The number of fused-ring (bicyclic) bond motifs is 1. The number of rotatable bonds is 2. The first-order chi connectivity index (χ1) is 10.0. The van der Waals surface area contributed by atoms with Crippen LogP contribution in [0.3, 0.4) is 0 Å². The Balaban J connectivity index is 2.22. The summed E-state index contributed by atoms with van der Waals surface area (Å²) in [7, 11) is 3.51. The fraction of sp³-hybridized carbons (Fsp3) is 0.235. The maximum absolute atomic E-state index is 12.0. The monoisotopic (exact) mass is 282 g/mol. The van der Waals surface area contributed by atoms with Crippen LogP contribution in [0.5, 0.6) is 0 Å². The fourth-order valence-electron chi connectivity index (χ4n) is 2.78. The van der Waals surface area contributed by atoms with Gasteiger partial charge in [0.15, 0.2) is 0 Å². The summed E-state index contributed by atoms with van der Waals surface area (Å²) < 4.78 is 3.23. The second kappa shape index (κ2) is 4.90. The lowest BCUT2D eigenvalue weighted by molar-refractivity contribution is 0.219. The van der Waals surface area contributed by atoms with Crippen LogP contribution < -0.4 is 5.69 Å². The molecule has 2 aromatic carbocycles. The average molecular weight is 282 g/mol. The summed E-state index contributed by atoms with van der Waals surface area (Å²) >= 11 is 0. The van der Waals surface area contributed by atoms with Crippen molar-refractivity contribution in [1.82, 2.24) is 9.13 Å². The number of aromatic nitrogens is 2. The van der Waals surface area contributed by atoms with Crippen LogP contribution in [-0.4, -0.2) is 14.2 Å². The van der Waals surface area contributed by atoms with Crippen LogP contribution in [0.4, 0.5) is 0 Å². The van der Waals surface area contributed by atoms with Gasteiger partial charge >= 0.3 is 5.69 Å². The maximum Gasteiger partial charge on any atom is 0.328 e. The molecule has 0 saturated carbocycles. The molecule has 4 nitrogen and oxygen atoms in total. The van der Waals surface area contributed by atoms with E-state index in [0.29, 0.717) is 0 Å². The lowest BCUT2D eigenvalue weighted by Gasteiger charge is -2.15. The Hall–Kier alpha value is -2.33. The number of hydrogen-bond donors (Lipinski definition) is 1. The van der Waals surface area contributed by atoms with Crippen molar-refractivity contribution in [1.29, 1.82) is 0 Å². The predicted molar refractivity (Wildman–Crippen MR) is 83.4 cm³/mol. The van der Waals surface area contributed by atoms with Crippen LogP contribution in [0.25, 0.3) is 11.0 Å². The molecule has 0 spiro atoms. The molecule has 0 saturated heterocycles. The SMILES string of the molecule is Cc1cc2c(cc1C(O)c1ccccc1)n(C)c(=O)n2C. The van der Waals surface area contributed by atoms with Gasteiger partial charge in [-0.2, -0.15) is 0 Å². The van der Waals surface area contributed by atoms with Crippen molar-refractivity contribution in [2.24, 2.45) is 14.1 Å². The highest BCUT2D eigenvalue weighted by atomic mass is 16.3. The van der Waals surface area contributed by atoms with Crippen molar-refractivity contribution >= 4 is 11.0 Å². The normalized spacial score (nSPS) is 12.8. The Morgan fingerprint density at radius 1 is 1.00 bits per heavy atom. The summed E-state index contributed by atoms with van der Waals surface area (Å²) in [5, 5.41) is 10.6. The maximum atomic E-state index is 12.0. The van der Waals surface area contributed by atoms with Crippen molar-refractivity contribution in [3.63, 3.8) is 0 Å². The van der Waals surface area contributed by atoms with Gasteiger partial charge in [-0.1, -0.05) is 30.3 Å². The molecular formula is C17H18N2O2. The van der Waals surface area contributed by atoms with Crippen molar-refractivity contribution in [3.05, 3.63) is 69.6 Å². The van der Waals surface area contributed by atoms with E-state index in [1.54, 1.807) is 23.2 Å². The molecule has 0 bridgehead atoms. The van der Waals surface area contributed by atoms with Gasteiger partial charge in [0.2, 0.25) is 0 Å². The van der Waals surface area contributed by atoms with Gasteiger partial charge in [0.1, 0.15) is 6.10 Å². The highest BCUT2D eigenvalue weighted by Crippen LogP contribution is 2.28. The number of aryl methyl sites for hydroxylation is 3. The molecule has 1 heterocycles. The van der Waals surface area contributed by atoms with E-state index >= 15 is 0 Å². The summed E-state index contributed by atoms with van der Waals surface area (Å²) in [4.78, 5) is 12.0. The van der Waals surface area contributed by atoms with Gasteiger partial charge in [-0.05, 0) is 35.7 Å². The lowest BCUT2D eigenvalue weighted by Crippen LogP contribution is -2.19. The van der Waals surface area contributed by atoms with Gasteiger partial charge in [-0.25, -0.2) is 4.79 Å². The molecule has 108 valence electrons. The summed E-state index contributed by atoms with van der Waals surface area (Å²) in [5.74, 6) is 0. The van der Waals surface area contributed by atoms with Crippen molar-refractivity contribution in [2.75, 3.05) is 0 Å². The van der Waals surface area contributed by atoms with E-state index in [4.69, 9.17) is 0 Å². The molecule has 0 aliphatic carbocycles. The van der Waals surface area contributed by atoms with Gasteiger partial charge in [0.05, 0.1) is 11.0 Å². The Morgan fingerprint density at radius 2 is 1.57 bits per heavy atom. The van der Waals surface area contributed by atoms with Crippen LogP contribution in [0.2, 0.25) is 0 Å².